The van der Waals surface area contributed by atoms with Gasteiger partial charge >= 0.3 is 0 Å². The van der Waals surface area contributed by atoms with Crippen LogP contribution in [0.3, 0.4) is 0 Å². The highest BCUT2D eigenvalue weighted by Gasteiger charge is 2.36. The standard InChI is InChI=1S/C26H34N6O3S/c1-18(2)28-23(27-3)16-30-10-6-7-19(15-30)32-25-20-8-4-5-9-22(20)36(34)17-21(25)24(29-32)26(33)31-11-13-35-14-12-31/h4-5,8-9,19H,6-7,10-17H2,1-3H3. The van der Waals surface area contributed by atoms with E-state index in [4.69, 9.17) is 9.84 Å². The molecule has 0 radical (unpaired) electrons. The molecule has 2 aromatic rings. The summed E-state index contributed by atoms with van der Waals surface area (Å²) in [6.07, 6.45) is 1.99. The third-order valence-electron chi connectivity index (χ3n) is 6.97. The summed E-state index contributed by atoms with van der Waals surface area (Å²) in [5.74, 6) is 1.04. The Bertz CT molecular complexity index is 1230. The molecule has 0 N–H and O–H groups in total. The van der Waals surface area contributed by atoms with Gasteiger partial charge in [0.05, 0.1) is 48.0 Å². The molecule has 1 aromatic carbocycles. The fourth-order valence-electron chi connectivity index (χ4n) is 5.30. The number of hydrogen-bond acceptors (Lipinski definition) is 6. The highest BCUT2D eigenvalue weighted by molar-refractivity contribution is 7.84. The highest BCUT2D eigenvalue weighted by Crippen LogP contribution is 2.40. The zero-order valence-corrected chi connectivity index (χ0v) is 22.1. The van der Waals surface area contributed by atoms with E-state index in [0.29, 0.717) is 44.3 Å². The maximum absolute atomic E-state index is 13.6. The molecule has 36 heavy (non-hydrogen) atoms. The third-order valence-corrected chi connectivity index (χ3v) is 8.37. The summed E-state index contributed by atoms with van der Waals surface area (Å²) in [6, 6.07) is 7.93. The SMILES string of the molecule is CN=C(CN1CCCC(n2nc(C(=O)N3CCOCC3)c3c2-c2ccccc2S(=O)C3)C1)N=C(C)C. The van der Waals surface area contributed by atoms with E-state index < -0.39 is 10.8 Å². The second-order valence-corrected chi connectivity index (χ2v) is 11.2. The number of nitrogens with zero attached hydrogens (tertiary/aromatic N) is 6. The monoisotopic (exact) mass is 510 g/mol. The minimum atomic E-state index is -1.21. The molecule has 2 atom stereocenters. The predicted molar refractivity (Wildman–Crippen MR) is 141 cm³/mol. The van der Waals surface area contributed by atoms with E-state index in [-0.39, 0.29) is 11.9 Å². The van der Waals surface area contributed by atoms with Crippen molar-refractivity contribution < 1.29 is 13.7 Å². The van der Waals surface area contributed by atoms with Gasteiger partial charge in [-0.05, 0) is 39.3 Å². The number of benzene rings is 1. The number of aromatic nitrogens is 2. The van der Waals surface area contributed by atoms with Crippen molar-refractivity contribution in [2.45, 2.75) is 43.4 Å². The second-order valence-electron chi connectivity index (χ2n) is 9.74. The van der Waals surface area contributed by atoms with Crippen molar-refractivity contribution in [3.63, 3.8) is 0 Å². The van der Waals surface area contributed by atoms with E-state index >= 15 is 0 Å². The Kier molecular flexibility index (Phi) is 7.45. The Morgan fingerprint density at radius 3 is 2.72 bits per heavy atom. The molecule has 2 saturated heterocycles. The van der Waals surface area contributed by atoms with Crippen LogP contribution in [-0.2, 0) is 21.3 Å². The van der Waals surface area contributed by atoms with Crippen LogP contribution in [0.2, 0.25) is 0 Å². The van der Waals surface area contributed by atoms with Crippen molar-refractivity contribution in [3.05, 3.63) is 35.5 Å². The number of carbonyl (C=O) groups is 1. The van der Waals surface area contributed by atoms with Crippen molar-refractivity contribution in [2.24, 2.45) is 9.98 Å². The molecule has 0 saturated carbocycles. The number of aliphatic imine (C=N–C) groups is 2. The number of rotatable bonds is 4. The predicted octanol–water partition coefficient (Wildman–Crippen LogP) is 2.79. The van der Waals surface area contributed by atoms with Gasteiger partial charge in [-0.25, -0.2) is 4.99 Å². The molecule has 2 fully saturated rings. The molecule has 5 rings (SSSR count). The Hall–Kier alpha value is -2.69. The molecule has 4 heterocycles. The molecule has 10 heteroatoms. The van der Waals surface area contributed by atoms with Crippen LogP contribution in [0.25, 0.3) is 11.3 Å². The van der Waals surface area contributed by atoms with E-state index in [9.17, 15) is 9.00 Å². The van der Waals surface area contributed by atoms with Gasteiger partial charge in [0.2, 0.25) is 0 Å². The molecule has 0 bridgehead atoms. The first-order chi connectivity index (χ1) is 17.5. The van der Waals surface area contributed by atoms with Crippen molar-refractivity contribution in [2.75, 3.05) is 53.0 Å². The topological polar surface area (TPSA) is 92.4 Å². The maximum atomic E-state index is 13.6. The number of ether oxygens (including phenoxy) is 1. The van der Waals surface area contributed by atoms with E-state index in [2.05, 4.69) is 19.6 Å². The fourth-order valence-corrected chi connectivity index (χ4v) is 6.63. The number of morpholine rings is 1. The summed E-state index contributed by atoms with van der Waals surface area (Å²) in [5.41, 5.74) is 4.10. The molecular weight excluding hydrogens is 476 g/mol. The summed E-state index contributed by atoms with van der Waals surface area (Å²) >= 11 is 0. The van der Waals surface area contributed by atoms with Crippen LogP contribution in [0.4, 0.5) is 0 Å². The Balaban J connectivity index is 1.52. The van der Waals surface area contributed by atoms with Gasteiger partial charge in [0.15, 0.2) is 5.69 Å². The molecular formula is C26H34N6O3S. The van der Waals surface area contributed by atoms with Crippen LogP contribution in [0.15, 0.2) is 39.1 Å². The molecule has 3 aliphatic heterocycles. The van der Waals surface area contributed by atoms with E-state index in [0.717, 1.165) is 59.2 Å². The summed E-state index contributed by atoms with van der Waals surface area (Å²) < 4.78 is 20.7. The lowest BCUT2D eigenvalue weighted by Crippen LogP contribution is -2.41. The Morgan fingerprint density at radius 1 is 1.19 bits per heavy atom. The van der Waals surface area contributed by atoms with Crippen molar-refractivity contribution in [3.8, 4) is 11.3 Å². The average Bonchev–Trinajstić information content (AvgIpc) is 3.28. The number of amides is 1. The molecule has 3 aliphatic rings. The van der Waals surface area contributed by atoms with Crippen LogP contribution in [0.5, 0.6) is 0 Å². The van der Waals surface area contributed by atoms with Crippen LogP contribution in [0.1, 0.15) is 48.8 Å². The van der Waals surface area contributed by atoms with Gasteiger partial charge < -0.3 is 9.64 Å². The largest absolute Gasteiger partial charge is 0.378 e. The second kappa shape index (κ2) is 10.7. The Labute approximate surface area is 214 Å². The van der Waals surface area contributed by atoms with Gasteiger partial charge in [0.25, 0.3) is 5.91 Å². The van der Waals surface area contributed by atoms with Crippen LogP contribution >= 0.6 is 0 Å². The summed E-state index contributed by atoms with van der Waals surface area (Å²) in [7, 11) is 0.574. The number of hydrogen-bond donors (Lipinski definition) is 0. The first-order valence-corrected chi connectivity index (χ1v) is 13.9. The van der Waals surface area contributed by atoms with Gasteiger partial charge in [-0.2, -0.15) is 5.10 Å². The lowest BCUT2D eigenvalue weighted by atomic mass is 10.0. The van der Waals surface area contributed by atoms with Gasteiger partial charge in [-0.1, -0.05) is 18.2 Å². The summed E-state index contributed by atoms with van der Waals surface area (Å²) in [4.78, 5) is 27.5. The van der Waals surface area contributed by atoms with Gasteiger partial charge in [-0.15, -0.1) is 0 Å². The van der Waals surface area contributed by atoms with E-state index in [1.165, 1.54) is 0 Å². The lowest BCUT2D eigenvalue weighted by molar-refractivity contribution is 0.0297. The van der Waals surface area contributed by atoms with Crippen LogP contribution in [0, 0.1) is 0 Å². The number of fused-ring (bicyclic) bond motifs is 3. The van der Waals surface area contributed by atoms with Crippen molar-refractivity contribution in [1.82, 2.24) is 19.6 Å². The van der Waals surface area contributed by atoms with Crippen LogP contribution < -0.4 is 0 Å². The highest BCUT2D eigenvalue weighted by atomic mass is 32.2. The number of likely N-dealkylation sites (tertiary alicyclic amines) is 1. The summed E-state index contributed by atoms with van der Waals surface area (Å²) in [5, 5.41) is 4.97. The first-order valence-electron chi connectivity index (χ1n) is 12.6. The van der Waals surface area contributed by atoms with Gasteiger partial charge in [0.1, 0.15) is 5.84 Å². The Morgan fingerprint density at radius 2 is 1.97 bits per heavy atom. The first kappa shape index (κ1) is 25.0. The van der Waals surface area contributed by atoms with Crippen LogP contribution in [-0.4, -0.2) is 94.2 Å². The van der Waals surface area contributed by atoms with E-state index in [1.807, 2.05) is 43.0 Å². The lowest BCUT2D eigenvalue weighted by Gasteiger charge is -2.33. The molecule has 192 valence electrons. The van der Waals surface area contributed by atoms with Gasteiger partial charge in [-0.3, -0.25) is 23.6 Å². The summed E-state index contributed by atoms with van der Waals surface area (Å²) in [6.45, 7) is 8.57. The fraction of sp³-hybridized carbons (Fsp3) is 0.538. The normalized spacial score (nSPS) is 22.6. The molecule has 0 spiro atoms. The minimum absolute atomic E-state index is 0.0921. The number of amidine groups is 1. The quantitative estimate of drug-likeness (QED) is 0.466. The number of carbonyl (C=O) groups excluding carboxylic acids is 1. The van der Waals surface area contributed by atoms with E-state index in [1.54, 1.807) is 7.05 Å². The zero-order chi connectivity index (χ0) is 25.2. The minimum Gasteiger partial charge on any atom is -0.378 e. The maximum Gasteiger partial charge on any atom is 0.274 e. The molecule has 0 aliphatic carbocycles. The molecule has 9 nitrogen and oxygen atoms in total. The average molecular weight is 511 g/mol. The number of piperidine rings is 1. The molecule has 1 aromatic heterocycles. The van der Waals surface area contributed by atoms with Gasteiger partial charge in [0, 0.05) is 48.4 Å². The third kappa shape index (κ3) is 4.94. The smallest absolute Gasteiger partial charge is 0.274 e. The van der Waals surface area contributed by atoms with Crippen molar-refractivity contribution >= 4 is 28.3 Å². The van der Waals surface area contributed by atoms with Crippen molar-refractivity contribution in [1.29, 1.82) is 0 Å². The molecule has 2 unspecified atom stereocenters. The zero-order valence-electron chi connectivity index (χ0n) is 21.3. The molecule has 1 amide bonds.